The van der Waals surface area contributed by atoms with Crippen molar-refractivity contribution >= 4 is 5.78 Å². The van der Waals surface area contributed by atoms with Crippen molar-refractivity contribution in [2.24, 2.45) is 0 Å². The topological polar surface area (TPSA) is 26.3 Å². The minimum Gasteiger partial charge on any atom is -0.366 e. The Hall–Kier alpha value is -0.890. The third-order valence-electron chi connectivity index (χ3n) is 2.18. The largest absolute Gasteiger partial charge is 0.366 e. The second kappa shape index (κ2) is 2.87. The van der Waals surface area contributed by atoms with Gasteiger partial charge in [-0.15, -0.1) is 0 Å². The molecular formula is C10H14O2. The highest BCUT2D eigenvalue weighted by Gasteiger charge is 2.33. The lowest BCUT2D eigenvalue weighted by Crippen LogP contribution is -2.37. The molecule has 0 fully saturated rings. The molecule has 0 saturated carbocycles. The highest BCUT2D eigenvalue weighted by molar-refractivity contribution is 6.04. The van der Waals surface area contributed by atoms with E-state index < -0.39 is 5.60 Å². The Bertz CT molecular complexity index is 274. The van der Waals surface area contributed by atoms with Crippen molar-refractivity contribution in [2.75, 3.05) is 7.11 Å². The van der Waals surface area contributed by atoms with Gasteiger partial charge in [-0.1, -0.05) is 11.6 Å². The number of carbonyl (C=O) groups excluding carboxylic acids is 1. The molecule has 2 nitrogen and oxygen atoms in total. The molecule has 12 heavy (non-hydrogen) atoms. The van der Waals surface area contributed by atoms with Crippen LogP contribution in [-0.4, -0.2) is 18.5 Å². The van der Waals surface area contributed by atoms with Gasteiger partial charge in [-0.05, 0) is 32.4 Å². The Kier molecular flexibility index (Phi) is 2.20. The van der Waals surface area contributed by atoms with Crippen LogP contribution in [0.15, 0.2) is 23.3 Å². The van der Waals surface area contributed by atoms with Crippen LogP contribution in [0.5, 0.6) is 0 Å². The van der Waals surface area contributed by atoms with Crippen molar-refractivity contribution < 1.29 is 9.53 Å². The first-order chi connectivity index (χ1) is 5.49. The Labute approximate surface area is 72.9 Å². The smallest absolute Gasteiger partial charge is 0.194 e. The number of Topliss-reactive ketones (excluding diaryl/α,β-unsaturated/α-hetero) is 1. The fourth-order valence-corrected chi connectivity index (χ4v) is 1.49. The molecule has 66 valence electrons. The van der Waals surface area contributed by atoms with Crippen LogP contribution in [0.4, 0.5) is 0 Å². The van der Waals surface area contributed by atoms with Gasteiger partial charge in [0.1, 0.15) is 5.60 Å². The summed E-state index contributed by atoms with van der Waals surface area (Å²) >= 11 is 0. The zero-order valence-corrected chi connectivity index (χ0v) is 7.97. The molecule has 0 spiro atoms. The summed E-state index contributed by atoms with van der Waals surface area (Å²) in [7, 11) is 1.56. The zero-order chi connectivity index (χ0) is 9.35. The fourth-order valence-electron chi connectivity index (χ4n) is 1.49. The average molecular weight is 166 g/mol. The molecule has 1 aliphatic rings. The highest BCUT2D eigenvalue weighted by atomic mass is 16.5. The van der Waals surface area contributed by atoms with E-state index >= 15 is 0 Å². The Morgan fingerprint density at radius 1 is 1.42 bits per heavy atom. The van der Waals surface area contributed by atoms with Crippen molar-refractivity contribution in [3.63, 3.8) is 0 Å². The molecule has 0 aromatic carbocycles. The summed E-state index contributed by atoms with van der Waals surface area (Å²) in [5.74, 6) is 0.0515. The summed E-state index contributed by atoms with van der Waals surface area (Å²) in [4.78, 5) is 11.6. The quantitative estimate of drug-likeness (QED) is 0.594. The molecule has 1 rings (SSSR count). The minimum absolute atomic E-state index is 0.0515. The van der Waals surface area contributed by atoms with E-state index in [1.807, 2.05) is 26.0 Å². The van der Waals surface area contributed by atoms with Crippen LogP contribution >= 0.6 is 0 Å². The van der Waals surface area contributed by atoms with Crippen LogP contribution in [0.3, 0.4) is 0 Å². The normalized spacial score (nSPS) is 29.8. The Morgan fingerprint density at radius 3 is 2.50 bits per heavy atom. The summed E-state index contributed by atoms with van der Waals surface area (Å²) < 4.78 is 5.16. The average Bonchev–Trinajstić information content (AvgIpc) is 2.00. The van der Waals surface area contributed by atoms with Crippen molar-refractivity contribution in [3.05, 3.63) is 23.3 Å². The molecule has 0 N–H and O–H groups in total. The van der Waals surface area contributed by atoms with Gasteiger partial charge in [0.25, 0.3) is 0 Å². The first-order valence-corrected chi connectivity index (χ1v) is 3.97. The number of carbonyl (C=O) groups is 1. The highest BCUT2D eigenvalue weighted by Crippen LogP contribution is 2.25. The van der Waals surface area contributed by atoms with Gasteiger partial charge in [0.15, 0.2) is 5.78 Å². The summed E-state index contributed by atoms with van der Waals surface area (Å²) in [5.41, 5.74) is 1.10. The van der Waals surface area contributed by atoms with Crippen LogP contribution < -0.4 is 0 Å². The van der Waals surface area contributed by atoms with E-state index in [1.54, 1.807) is 14.0 Å². The first kappa shape index (κ1) is 9.20. The van der Waals surface area contributed by atoms with Crippen LogP contribution in [-0.2, 0) is 9.53 Å². The molecular weight excluding hydrogens is 152 g/mol. The molecule has 0 aromatic rings. The lowest BCUT2D eigenvalue weighted by Gasteiger charge is -2.26. The third-order valence-corrected chi connectivity index (χ3v) is 2.18. The molecule has 1 aliphatic carbocycles. The summed E-state index contributed by atoms with van der Waals surface area (Å²) in [5, 5.41) is 0. The molecule has 0 radical (unpaired) electrons. The van der Waals surface area contributed by atoms with Gasteiger partial charge in [0, 0.05) is 7.11 Å². The molecule has 0 heterocycles. The van der Waals surface area contributed by atoms with Crippen LogP contribution in [0.25, 0.3) is 0 Å². The monoisotopic (exact) mass is 166 g/mol. The predicted molar refractivity (Wildman–Crippen MR) is 47.9 cm³/mol. The molecule has 0 aromatic heterocycles. The summed E-state index contributed by atoms with van der Waals surface area (Å²) in [6, 6.07) is 0. The maximum Gasteiger partial charge on any atom is 0.194 e. The maximum atomic E-state index is 11.6. The molecule has 0 saturated heterocycles. The van der Waals surface area contributed by atoms with Gasteiger partial charge in [-0.25, -0.2) is 0 Å². The van der Waals surface area contributed by atoms with E-state index in [-0.39, 0.29) is 5.78 Å². The first-order valence-electron chi connectivity index (χ1n) is 3.97. The van der Waals surface area contributed by atoms with Crippen LogP contribution in [0.1, 0.15) is 20.8 Å². The van der Waals surface area contributed by atoms with Crippen LogP contribution in [0, 0.1) is 0 Å². The van der Waals surface area contributed by atoms with Gasteiger partial charge < -0.3 is 4.74 Å². The van der Waals surface area contributed by atoms with Crippen molar-refractivity contribution in [2.45, 2.75) is 26.4 Å². The number of hydrogen-bond acceptors (Lipinski definition) is 2. The number of methoxy groups -OCH3 is 1. The van der Waals surface area contributed by atoms with E-state index in [1.165, 1.54) is 0 Å². The second-order valence-corrected chi connectivity index (χ2v) is 3.36. The van der Waals surface area contributed by atoms with E-state index in [9.17, 15) is 4.79 Å². The Morgan fingerprint density at radius 2 is 2.00 bits per heavy atom. The van der Waals surface area contributed by atoms with E-state index in [2.05, 4.69) is 0 Å². The van der Waals surface area contributed by atoms with Crippen molar-refractivity contribution in [1.82, 2.24) is 0 Å². The molecule has 0 amide bonds. The Balaban J connectivity index is 3.10. The lowest BCUT2D eigenvalue weighted by molar-refractivity contribution is -0.130. The minimum atomic E-state index is -0.747. The van der Waals surface area contributed by atoms with Gasteiger partial charge in [0.2, 0.25) is 0 Å². The lowest BCUT2D eigenvalue weighted by atomic mass is 9.87. The second-order valence-electron chi connectivity index (χ2n) is 3.36. The zero-order valence-electron chi connectivity index (χ0n) is 7.97. The predicted octanol–water partition coefficient (Wildman–Crippen LogP) is 1.87. The van der Waals surface area contributed by atoms with Gasteiger partial charge in [0.05, 0.1) is 0 Å². The third kappa shape index (κ3) is 1.34. The molecule has 1 unspecified atom stereocenters. The SMILES string of the molecule is COC1(C)C=C(C)C=C(C)C1=O. The van der Waals surface area contributed by atoms with Crippen LogP contribution in [0.2, 0.25) is 0 Å². The number of hydrogen-bond donors (Lipinski definition) is 0. The standard InChI is InChI=1S/C10H14O2/c1-7-5-8(2)9(11)10(3,6-7)12-4/h5-6H,1-4H3. The number of allylic oxidation sites excluding steroid dienone is 2. The van der Waals surface area contributed by atoms with Crippen molar-refractivity contribution in [1.29, 1.82) is 0 Å². The molecule has 0 aliphatic heterocycles. The van der Waals surface area contributed by atoms with Gasteiger partial charge in [-0.3, -0.25) is 4.79 Å². The summed E-state index contributed by atoms with van der Waals surface area (Å²) in [6.07, 6.45) is 3.73. The molecule has 2 heteroatoms. The van der Waals surface area contributed by atoms with Gasteiger partial charge >= 0.3 is 0 Å². The van der Waals surface area contributed by atoms with E-state index in [0.29, 0.717) is 0 Å². The number of ketones is 1. The fraction of sp³-hybridized carbons (Fsp3) is 0.500. The van der Waals surface area contributed by atoms with E-state index in [0.717, 1.165) is 11.1 Å². The maximum absolute atomic E-state index is 11.6. The number of ether oxygens (including phenoxy) is 1. The summed E-state index contributed by atoms with van der Waals surface area (Å²) in [6.45, 7) is 5.57. The molecule has 0 bridgehead atoms. The van der Waals surface area contributed by atoms with Gasteiger partial charge in [-0.2, -0.15) is 0 Å². The van der Waals surface area contributed by atoms with Crippen molar-refractivity contribution in [3.8, 4) is 0 Å². The molecule has 1 atom stereocenters. The van der Waals surface area contributed by atoms with E-state index in [4.69, 9.17) is 4.74 Å². The number of rotatable bonds is 1.